The number of amides is 2. The van der Waals surface area contributed by atoms with E-state index in [9.17, 15) is 9.59 Å². The largest absolute Gasteiger partial charge is 0.490 e. The molecule has 1 aromatic carbocycles. The van der Waals surface area contributed by atoms with Crippen LogP contribution in [0.4, 0.5) is 0 Å². The van der Waals surface area contributed by atoms with Gasteiger partial charge in [-0.1, -0.05) is 12.2 Å². The first kappa shape index (κ1) is 18.9. The van der Waals surface area contributed by atoms with Crippen molar-refractivity contribution in [3.63, 3.8) is 0 Å². The summed E-state index contributed by atoms with van der Waals surface area (Å²) in [6.45, 7) is 2.20. The summed E-state index contributed by atoms with van der Waals surface area (Å²) >= 11 is 2.09. The number of hydrogen-bond acceptors (Lipinski definition) is 6. The number of carbonyl (C=O) groups excluding carboxylic acids is 2. The molecule has 2 fully saturated rings. The molecule has 4 rings (SSSR count). The number of halogens is 1. The fraction of sp³-hybridized carbons (Fsp3) is 0.400. The van der Waals surface area contributed by atoms with E-state index in [2.05, 4.69) is 39.8 Å². The molecule has 28 heavy (non-hydrogen) atoms. The van der Waals surface area contributed by atoms with Crippen LogP contribution in [0.1, 0.15) is 18.9 Å². The van der Waals surface area contributed by atoms with Gasteiger partial charge in [0.1, 0.15) is 6.07 Å². The third-order valence-electron chi connectivity index (χ3n) is 5.38. The van der Waals surface area contributed by atoms with E-state index in [1.165, 1.54) is 6.21 Å². The number of ether oxygens (including phenoxy) is 2. The van der Waals surface area contributed by atoms with Crippen molar-refractivity contribution in [2.75, 3.05) is 13.2 Å². The Hall–Kier alpha value is -2.41. The lowest BCUT2D eigenvalue weighted by Crippen LogP contribution is -2.28. The molecule has 0 N–H and O–H groups in total. The molecule has 1 heterocycles. The highest BCUT2D eigenvalue weighted by Crippen LogP contribution is 2.52. The van der Waals surface area contributed by atoms with E-state index in [1.807, 2.05) is 13.0 Å². The van der Waals surface area contributed by atoms with Gasteiger partial charge in [0.2, 0.25) is 0 Å². The van der Waals surface area contributed by atoms with Crippen LogP contribution in [-0.2, 0) is 9.59 Å². The summed E-state index contributed by atoms with van der Waals surface area (Å²) in [5.41, 5.74) is 0.677. The second-order valence-corrected chi connectivity index (χ2v) is 8.10. The maximum atomic E-state index is 12.7. The second-order valence-electron chi connectivity index (χ2n) is 6.94. The maximum Gasteiger partial charge on any atom is 0.254 e. The van der Waals surface area contributed by atoms with Crippen LogP contribution in [0.5, 0.6) is 11.5 Å². The minimum atomic E-state index is -0.263. The van der Waals surface area contributed by atoms with Gasteiger partial charge in [0, 0.05) is 0 Å². The van der Waals surface area contributed by atoms with Gasteiger partial charge in [-0.2, -0.15) is 15.4 Å². The first-order valence-electron chi connectivity index (χ1n) is 9.11. The van der Waals surface area contributed by atoms with Crippen molar-refractivity contribution in [2.24, 2.45) is 28.8 Å². The van der Waals surface area contributed by atoms with E-state index >= 15 is 0 Å². The normalized spacial score (nSPS) is 27.5. The van der Waals surface area contributed by atoms with Crippen molar-refractivity contribution in [2.45, 2.75) is 13.3 Å². The molecule has 144 valence electrons. The summed E-state index contributed by atoms with van der Waals surface area (Å²) in [5.74, 6) is 0.355. The molecule has 8 heteroatoms. The summed E-state index contributed by atoms with van der Waals surface area (Å²) in [5, 5.41) is 14.0. The lowest BCUT2D eigenvalue weighted by atomic mass is 9.85. The molecule has 1 saturated carbocycles. The maximum absolute atomic E-state index is 12.7. The Bertz CT molecular complexity index is 906. The SMILES string of the molecule is CCOc1cc(C=NN2C(=O)C3C4C=CC(C4)C3C2=O)cc(I)c1OCC#N. The highest BCUT2D eigenvalue weighted by Gasteiger charge is 2.59. The molecule has 0 radical (unpaired) electrons. The van der Waals surface area contributed by atoms with Gasteiger partial charge in [0.15, 0.2) is 18.1 Å². The van der Waals surface area contributed by atoms with Gasteiger partial charge in [-0.15, -0.1) is 0 Å². The Balaban J connectivity index is 1.57. The molecule has 1 aromatic rings. The number of hydrazone groups is 1. The van der Waals surface area contributed by atoms with Crippen LogP contribution in [-0.4, -0.2) is 36.3 Å². The highest BCUT2D eigenvalue weighted by molar-refractivity contribution is 14.1. The summed E-state index contributed by atoms with van der Waals surface area (Å²) in [4.78, 5) is 25.4. The van der Waals surface area contributed by atoms with Gasteiger partial charge < -0.3 is 9.47 Å². The zero-order valence-corrected chi connectivity index (χ0v) is 17.3. The zero-order valence-electron chi connectivity index (χ0n) is 15.2. The van der Waals surface area contributed by atoms with E-state index in [1.54, 1.807) is 12.1 Å². The molecular formula is C20H18IN3O4. The average molecular weight is 491 g/mol. The first-order valence-corrected chi connectivity index (χ1v) is 10.2. The van der Waals surface area contributed by atoms with Crippen LogP contribution < -0.4 is 9.47 Å². The highest BCUT2D eigenvalue weighted by atomic mass is 127. The summed E-state index contributed by atoms with van der Waals surface area (Å²) in [6, 6.07) is 5.46. The molecule has 3 aliphatic rings. The third-order valence-corrected chi connectivity index (χ3v) is 6.18. The molecule has 7 nitrogen and oxygen atoms in total. The predicted octanol–water partition coefficient (Wildman–Crippen LogP) is 2.73. The number of rotatable bonds is 6. The lowest BCUT2D eigenvalue weighted by molar-refractivity contribution is -0.140. The van der Waals surface area contributed by atoms with Crippen molar-refractivity contribution in [1.29, 1.82) is 5.26 Å². The lowest BCUT2D eigenvalue weighted by Gasteiger charge is -2.13. The predicted molar refractivity (Wildman–Crippen MR) is 109 cm³/mol. The Kier molecular flexibility index (Phi) is 5.10. The molecule has 1 aliphatic heterocycles. The number of nitrogens with zero attached hydrogens (tertiary/aromatic N) is 3. The van der Waals surface area contributed by atoms with Crippen molar-refractivity contribution >= 4 is 40.6 Å². The van der Waals surface area contributed by atoms with Crippen molar-refractivity contribution < 1.29 is 19.1 Å². The standard InChI is InChI=1S/C20H18IN3O4/c1-2-27-15-8-11(7-14(21)18(15)28-6-5-22)10-23-24-19(25)16-12-3-4-13(9-12)17(16)20(24)26/h3-4,7-8,10,12-13,16-17H,2,6,9H2,1H3. The molecule has 4 atom stereocenters. The molecule has 2 amide bonds. The van der Waals surface area contributed by atoms with E-state index in [4.69, 9.17) is 14.7 Å². The topological polar surface area (TPSA) is 92.0 Å². The number of hydrogen-bond donors (Lipinski definition) is 0. The van der Waals surface area contributed by atoms with Gasteiger partial charge in [0.05, 0.1) is 28.2 Å². The Morgan fingerprint density at radius 1 is 1.25 bits per heavy atom. The van der Waals surface area contributed by atoms with Gasteiger partial charge in [-0.3, -0.25) is 9.59 Å². The zero-order chi connectivity index (χ0) is 19.8. The van der Waals surface area contributed by atoms with E-state index in [-0.39, 0.29) is 42.1 Å². The third kappa shape index (κ3) is 3.07. The average Bonchev–Trinajstić information content (AvgIpc) is 3.34. The molecule has 1 saturated heterocycles. The van der Waals surface area contributed by atoms with Crippen LogP contribution in [0, 0.1) is 38.6 Å². The fourth-order valence-corrected chi connectivity index (χ4v) is 5.08. The number of nitriles is 1. The number of imide groups is 1. The van der Waals surface area contributed by atoms with Crippen LogP contribution in [0.25, 0.3) is 0 Å². The van der Waals surface area contributed by atoms with Crippen LogP contribution in [0.3, 0.4) is 0 Å². The van der Waals surface area contributed by atoms with Crippen LogP contribution in [0.15, 0.2) is 29.4 Å². The first-order chi connectivity index (χ1) is 13.5. The Labute approximate surface area is 176 Å². The quantitative estimate of drug-likeness (QED) is 0.264. The summed E-state index contributed by atoms with van der Waals surface area (Å²) in [7, 11) is 0. The Morgan fingerprint density at radius 2 is 1.93 bits per heavy atom. The van der Waals surface area contributed by atoms with E-state index < -0.39 is 0 Å². The number of carbonyl (C=O) groups is 2. The summed E-state index contributed by atoms with van der Waals surface area (Å²) in [6.07, 6.45) is 6.50. The van der Waals surface area contributed by atoms with E-state index in [0.717, 1.165) is 15.0 Å². The molecule has 0 aromatic heterocycles. The molecule has 2 bridgehead atoms. The van der Waals surface area contributed by atoms with Crippen molar-refractivity contribution in [3.8, 4) is 17.6 Å². The Morgan fingerprint density at radius 3 is 2.54 bits per heavy atom. The molecule has 4 unspecified atom stereocenters. The molecular weight excluding hydrogens is 473 g/mol. The fourth-order valence-electron chi connectivity index (χ4n) is 4.29. The minimum absolute atomic E-state index is 0.0839. The van der Waals surface area contributed by atoms with E-state index in [0.29, 0.717) is 23.7 Å². The monoisotopic (exact) mass is 491 g/mol. The van der Waals surface area contributed by atoms with Crippen molar-refractivity contribution in [3.05, 3.63) is 33.4 Å². The van der Waals surface area contributed by atoms with Crippen LogP contribution >= 0.6 is 22.6 Å². The van der Waals surface area contributed by atoms with Gasteiger partial charge in [-0.25, -0.2) is 0 Å². The van der Waals surface area contributed by atoms with Crippen molar-refractivity contribution in [1.82, 2.24) is 5.01 Å². The smallest absolute Gasteiger partial charge is 0.254 e. The number of fused-ring (bicyclic) bond motifs is 5. The van der Waals surface area contributed by atoms with Gasteiger partial charge in [-0.05, 0) is 65.5 Å². The van der Waals surface area contributed by atoms with Gasteiger partial charge in [0.25, 0.3) is 11.8 Å². The van der Waals surface area contributed by atoms with Gasteiger partial charge >= 0.3 is 0 Å². The summed E-state index contributed by atoms with van der Waals surface area (Å²) < 4.78 is 11.8. The minimum Gasteiger partial charge on any atom is -0.490 e. The molecule has 2 aliphatic carbocycles. The molecule has 0 spiro atoms. The number of benzene rings is 1. The number of allylic oxidation sites excluding steroid dienone is 2. The van der Waals surface area contributed by atoms with Crippen LogP contribution in [0.2, 0.25) is 0 Å². The second kappa shape index (κ2) is 7.54.